The van der Waals surface area contributed by atoms with E-state index in [0.717, 1.165) is 83.5 Å². The second-order valence-corrected chi connectivity index (χ2v) is 17.4. The van der Waals surface area contributed by atoms with Crippen LogP contribution in [0.15, 0.2) is 48.6 Å². The first-order valence-electron chi connectivity index (χ1n) is 26.2. The molecule has 0 radical (unpaired) electrons. The predicted octanol–water partition coefficient (Wildman–Crippen LogP) is 17.6. The van der Waals surface area contributed by atoms with Crippen molar-refractivity contribution in [2.75, 3.05) is 19.8 Å². The lowest BCUT2D eigenvalue weighted by atomic mass is 10.0. The Morgan fingerprint density at radius 2 is 0.750 bits per heavy atom. The Morgan fingerprint density at radius 3 is 1.22 bits per heavy atom. The molecule has 0 aromatic carbocycles. The van der Waals surface area contributed by atoms with Gasteiger partial charge in [0.05, 0.1) is 6.61 Å². The Hall–Kier alpha value is -2.14. The number of rotatable bonds is 48. The number of unbranched alkanes of at least 4 members (excludes halogenated alkanes) is 29. The standard InChI is InChI=1S/C55H100O5/c1-4-7-10-13-16-19-22-25-28-30-33-36-39-42-45-48-54(56)59-52-53(51-58-50-47-44-41-38-35-32-27-24-21-18-15-12-9-6-3)60-55(57)49-46-43-40-37-34-31-29-26-23-20-17-14-11-8-5-2/h7,10,16,19,25-26,28-29,53H,4-6,8-9,11-15,17-18,20-24,27,30-52H2,1-3H3/b10-7-,19-16-,28-25-,29-26-. The Labute approximate surface area is 373 Å². The zero-order chi connectivity index (χ0) is 43.5. The lowest BCUT2D eigenvalue weighted by molar-refractivity contribution is -0.163. The second kappa shape index (κ2) is 51.2. The summed E-state index contributed by atoms with van der Waals surface area (Å²) in [5.74, 6) is -0.415. The highest BCUT2D eigenvalue weighted by Crippen LogP contribution is 2.15. The molecule has 0 heterocycles. The van der Waals surface area contributed by atoms with Gasteiger partial charge in [0.1, 0.15) is 6.61 Å². The van der Waals surface area contributed by atoms with Crippen molar-refractivity contribution in [2.45, 2.75) is 271 Å². The van der Waals surface area contributed by atoms with Crippen molar-refractivity contribution in [1.82, 2.24) is 0 Å². The van der Waals surface area contributed by atoms with E-state index < -0.39 is 6.10 Å². The van der Waals surface area contributed by atoms with Gasteiger partial charge in [-0.1, -0.05) is 223 Å². The van der Waals surface area contributed by atoms with Crippen LogP contribution in [0.5, 0.6) is 0 Å². The lowest BCUT2D eigenvalue weighted by Gasteiger charge is -2.18. The molecule has 0 rings (SSSR count). The van der Waals surface area contributed by atoms with Crippen molar-refractivity contribution in [3.8, 4) is 0 Å². The number of esters is 2. The zero-order valence-corrected chi connectivity index (χ0v) is 40.2. The molecule has 0 aromatic heterocycles. The van der Waals surface area contributed by atoms with Crippen molar-refractivity contribution in [1.29, 1.82) is 0 Å². The van der Waals surface area contributed by atoms with Gasteiger partial charge in [0.25, 0.3) is 0 Å². The highest BCUT2D eigenvalue weighted by molar-refractivity contribution is 5.70. The third kappa shape index (κ3) is 48.5. The number of hydrogen-bond acceptors (Lipinski definition) is 5. The van der Waals surface area contributed by atoms with E-state index in [2.05, 4.69) is 69.4 Å². The van der Waals surface area contributed by atoms with Crippen LogP contribution in [0, 0.1) is 0 Å². The van der Waals surface area contributed by atoms with Crippen LogP contribution in [-0.2, 0) is 23.8 Å². The van der Waals surface area contributed by atoms with Crippen molar-refractivity contribution in [2.24, 2.45) is 0 Å². The Morgan fingerprint density at radius 1 is 0.383 bits per heavy atom. The van der Waals surface area contributed by atoms with Gasteiger partial charge in [-0.3, -0.25) is 9.59 Å². The molecule has 0 aliphatic heterocycles. The first-order valence-corrected chi connectivity index (χ1v) is 26.2. The van der Waals surface area contributed by atoms with Gasteiger partial charge in [0.15, 0.2) is 6.10 Å². The highest BCUT2D eigenvalue weighted by atomic mass is 16.6. The van der Waals surface area contributed by atoms with Crippen LogP contribution < -0.4 is 0 Å². The third-order valence-corrected chi connectivity index (χ3v) is 11.3. The molecule has 0 amide bonds. The molecule has 0 spiro atoms. The average Bonchev–Trinajstić information content (AvgIpc) is 3.25. The van der Waals surface area contributed by atoms with Gasteiger partial charge in [0.2, 0.25) is 0 Å². The molecule has 0 saturated carbocycles. The molecule has 0 aliphatic carbocycles. The van der Waals surface area contributed by atoms with Gasteiger partial charge < -0.3 is 14.2 Å². The summed E-state index contributed by atoms with van der Waals surface area (Å²) in [7, 11) is 0. The van der Waals surface area contributed by atoms with E-state index >= 15 is 0 Å². The quantitative estimate of drug-likeness (QED) is 0.0347. The number of allylic oxidation sites excluding steroid dienone is 8. The second-order valence-electron chi connectivity index (χ2n) is 17.4. The van der Waals surface area contributed by atoms with Gasteiger partial charge in [-0.25, -0.2) is 0 Å². The molecule has 0 fully saturated rings. The molecule has 0 bridgehead atoms. The van der Waals surface area contributed by atoms with Crippen molar-refractivity contribution in [3.63, 3.8) is 0 Å². The molecular formula is C55H100O5. The molecule has 5 heteroatoms. The van der Waals surface area contributed by atoms with Gasteiger partial charge in [0, 0.05) is 19.4 Å². The van der Waals surface area contributed by atoms with Crippen LogP contribution in [0.4, 0.5) is 0 Å². The summed E-state index contributed by atoms with van der Waals surface area (Å²) < 4.78 is 17.4. The maximum absolute atomic E-state index is 12.8. The molecule has 60 heavy (non-hydrogen) atoms. The van der Waals surface area contributed by atoms with Crippen molar-refractivity contribution in [3.05, 3.63) is 48.6 Å². The van der Waals surface area contributed by atoms with E-state index in [4.69, 9.17) is 14.2 Å². The molecule has 0 saturated heterocycles. The molecule has 0 aliphatic rings. The molecule has 1 atom stereocenters. The van der Waals surface area contributed by atoms with Crippen LogP contribution in [0.1, 0.15) is 265 Å². The summed E-state index contributed by atoms with van der Waals surface area (Å²) in [6.07, 6.45) is 62.6. The Bertz CT molecular complexity index is 997. The van der Waals surface area contributed by atoms with E-state index in [1.165, 1.54) is 148 Å². The van der Waals surface area contributed by atoms with E-state index in [1.807, 2.05) is 0 Å². The largest absolute Gasteiger partial charge is 0.462 e. The topological polar surface area (TPSA) is 61.8 Å². The Balaban J connectivity index is 4.28. The van der Waals surface area contributed by atoms with Crippen LogP contribution in [0.2, 0.25) is 0 Å². The lowest BCUT2D eigenvalue weighted by Crippen LogP contribution is -2.30. The third-order valence-electron chi connectivity index (χ3n) is 11.3. The summed E-state index contributed by atoms with van der Waals surface area (Å²) in [5, 5.41) is 0. The van der Waals surface area contributed by atoms with Crippen molar-refractivity contribution >= 4 is 11.9 Å². The minimum Gasteiger partial charge on any atom is -0.462 e. The summed E-state index contributed by atoms with van der Waals surface area (Å²) >= 11 is 0. The molecule has 0 N–H and O–H groups in total. The van der Waals surface area contributed by atoms with Crippen LogP contribution in [0.3, 0.4) is 0 Å². The SMILES string of the molecule is CC/C=C\C/C=C\C/C=C\CCCCCCCC(=O)OCC(COCCCCCCCCCCCCCCCC)OC(=O)CCCCCCC/C=C\CCCCCCCC. The number of hydrogen-bond donors (Lipinski definition) is 0. The fourth-order valence-corrected chi connectivity index (χ4v) is 7.46. The number of carbonyl (C=O) groups excluding carboxylic acids is 2. The van der Waals surface area contributed by atoms with Crippen LogP contribution in [-0.4, -0.2) is 37.9 Å². The summed E-state index contributed by atoms with van der Waals surface area (Å²) in [5.41, 5.74) is 0. The van der Waals surface area contributed by atoms with Gasteiger partial charge in [-0.05, 0) is 77.0 Å². The van der Waals surface area contributed by atoms with E-state index in [0.29, 0.717) is 19.4 Å². The smallest absolute Gasteiger partial charge is 0.306 e. The molecule has 0 aromatic rings. The monoisotopic (exact) mass is 841 g/mol. The first-order chi connectivity index (χ1) is 29.6. The summed E-state index contributed by atoms with van der Waals surface area (Å²) in [6, 6.07) is 0. The average molecular weight is 841 g/mol. The summed E-state index contributed by atoms with van der Waals surface area (Å²) in [4.78, 5) is 25.4. The molecular weight excluding hydrogens is 741 g/mol. The summed E-state index contributed by atoms with van der Waals surface area (Å²) in [6.45, 7) is 7.72. The fourth-order valence-electron chi connectivity index (χ4n) is 7.46. The zero-order valence-electron chi connectivity index (χ0n) is 40.2. The fraction of sp³-hybridized carbons (Fsp3) is 0.818. The van der Waals surface area contributed by atoms with E-state index in [1.54, 1.807) is 0 Å². The van der Waals surface area contributed by atoms with Crippen molar-refractivity contribution < 1.29 is 23.8 Å². The number of ether oxygens (including phenoxy) is 3. The molecule has 350 valence electrons. The minimum absolute atomic E-state index is 0.0760. The highest BCUT2D eigenvalue weighted by Gasteiger charge is 2.17. The first kappa shape index (κ1) is 57.9. The van der Waals surface area contributed by atoms with Gasteiger partial charge in [-0.2, -0.15) is 0 Å². The van der Waals surface area contributed by atoms with Gasteiger partial charge in [-0.15, -0.1) is 0 Å². The Kier molecular flexibility index (Phi) is 49.4. The van der Waals surface area contributed by atoms with E-state index in [9.17, 15) is 9.59 Å². The molecule has 1 unspecified atom stereocenters. The van der Waals surface area contributed by atoms with Crippen LogP contribution in [0.25, 0.3) is 0 Å². The van der Waals surface area contributed by atoms with Gasteiger partial charge >= 0.3 is 11.9 Å². The number of carbonyl (C=O) groups is 2. The molecule has 5 nitrogen and oxygen atoms in total. The van der Waals surface area contributed by atoms with E-state index in [-0.39, 0.29) is 25.2 Å². The minimum atomic E-state index is -0.544. The maximum Gasteiger partial charge on any atom is 0.306 e. The predicted molar refractivity (Wildman–Crippen MR) is 261 cm³/mol. The maximum atomic E-state index is 12.8. The van der Waals surface area contributed by atoms with Crippen LogP contribution >= 0.6 is 0 Å². The normalized spacial score (nSPS) is 12.5.